The first-order valence-electron chi connectivity index (χ1n) is 6.15. The van der Waals surface area contributed by atoms with Crippen molar-refractivity contribution in [2.75, 3.05) is 11.9 Å². The van der Waals surface area contributed by atoms with Crippen LogP contribution in [-0.4, -0.2) is 17.8 Å². The molecular formula is C14H18Br2FNO. The zero-order chi connectivity index (χ0) is 14.5. The van der Waals surface area contributed by atoms with Gasteiger partial charge in [0.15, 0.2) is 0 Å². The van der Waals surface area contributed by atoms with Gasteiger partial charge in [-0.15, -0.1) is 0 Å². The Morgan fingerprint density at radius 2 is 2.11 bits per heavy atom. The molecule has 0 aliphatic heterocycles. The summed E-state index contributed by atoms with van der Waals surface area (Å²) >= 11 is 6.56. The number of halogens is 3. The number of carbonyl (C=O) groups excluding carboxylic acids is 1. The van der Waals surface area contributed by atoms with Crippen molar-refractivity contribution in [3.63, 3.8) is 0 Å². The molecule has 0 fully saturated rings. The Hall–Kier alpha value is -0.420. The van der Waals surface area contributed by atoms with E-state index in [9.17, 15) is 9.18 Å². The first-order chi connectivity index (χ1) is 8.85. The van der Waals surface area contributed by atoms with E-state index in [-0.39, 0.29) is 16.9 Å². The largest absolute Gasteiger partial charge is 0.351 e. The molecule has 106 valence electrons. The Labute approximate surface area is 130 Å². The number of carbonyl (C=O) groups is 1. The van der Waals surface area contributed by atoms with E-state index in [1.54, 1.807) is 6.07 Å². The maximum absolute atomic E-state index is 13.6. The van der Waals surface area contributed by atoms with Crippen molar-refractivity contribution in [1.82, 2.24) is 5.32 Å². The molecule has 0 atom stereocenters. The van der Waals surface area contributed by atoms with Crippen LogP contribution in [0.5, 0.6) is 0 Å². The number of alkyl halides is 1. The minimum atomic E-state index is -0.509. The molecule has 0 saturated carbocycles. The molecule has 1 amide bonds. The molecule has 0 unspecified atom stereocenters. The maximum atomic E-state index is 13.6. The average molecular weight is 395 g/mol. The van der Waals surface area contributed by atoms with E-state index in [4.69, 9.17) is 0 Å². The summed E-state index contributed by atoms with van der Waals surface area (Å²) in [7, 11) is 0. The maximum Gasteiger partial charge on any atom is 0.254 e. The zero-order valence-corrected chi connectivity index (χ0v) is 14.3. The van der Waals surface area contributed by atoms with Gasteiger partial charge in [-0.2, -0.15) is 0 Å². The van der Waals surface area contributed by atoms with Gasteiger partial charge in [0.2, 0.25) is 0 Å². The molecule has 0 aliphatic rings. The number of hydrogen-bond donors (Lipinski definition) is 1. The lowest BCUT2D eigenvalue weighted by Gasteiger charge is -2.24. The molecule has 0 bridgehead atoms. The first kappa shape index (κ1) is 16.6. The van der Waals surface area contributed by atoms with E-state index in [1.165, 1.54) is 12.1 Å². The highest BCUT2D eigenvalue weighted by Crippen LogP contribution is 2.22. The van der Waals surface area contributed by atoms with Crippen LogP contribution in [0.25, 0.3) is 0 Å². The Bertz CT molecular complexity index is 449. The van der Waals surface area contributed by atoms with Gasteiger partial charge in [0.25, 0.3) is 5.91 Å². The highest BCUT2D eigenvalue weighted by Gasteiger charge is 2.19. The molecule has 0 radical (unpaired) electrons. The summed E-state index contributed by atoms with van der Waals surface area (Å²) < 4.78 is 14.3. The number of amides is 1. The van der Waals surface area contributed by atoms with E-state index in [1.807, 2.05) is 0 Å². The van der Waals surface area contributed by atoms with E-state index in [2.05, 4.69) is 51.0 Å². The monoisotopic (exact) mass is 393 g/mol. The van der Waals surface area contributed by atoms with E-state index < -0.39 is 5.82 Å². The highest BCUT2D eigenvalue weighted by atomic mass is 79.9. The van der Waals surface area contributed by atoms with Crippen LogP contribution in [0.2, 0.25) is 0 Å². The van der Waals surface area contributed by atoms with Gasteiger partial charge >= 0.3 is 0 Å². The molecule has 1 aromatic carbocycles. The topological polar surface area (TPSA) is 29.1 Å². The van der Waals surface area contributed by atoms with E-state index >= 15 is 0 Å². The summed E-state index contributed by atoms with van der Waals surface area (Å²) in [6.45, 7) is 4.72. The van der Waals surface area contributed by atoms with E-state index in [0.29, 0.717) is 11.0 Å². The van der Waals surface area contributed by atoms with Crippen molar-refractivity contribution in [3.05, 3.63) is 34.1 Å². The molecule has 1 N–H and O–H groups in total. The fourth-order valence-electron chi connectivity index (χ4n) is 1.72. The molecule has 1 rings (SSSR count). The van der Waals surface area contributed by atoms with Crippen LogP contribution in [-0.2, 0) is 0 Å². The van der Waals surface area contributed by atoms with Crippen molar-refractivity contribution in [2.45, 2.75) is 26.7 Å². The first-order valence-corrected chi connectivity index (χ1v) is 8.06. The summed E-state index contributed by atoms with van der Waals surface area (Å²) in [5.74, 6) is -0.873. The van der Waals surface area contributed by atoms with Gasteiger partial charge < -0.3 is 5.32 Å². The third-order valence-corrected chi connectivity index (χ3v) is 3.94. The lowest BCUT2D eigenvalue weighted by molar-refractivity contribution is 0.0930. The Kier molecular flexibility index (Phi) is 6.47. The summed E-state index contributed by atoms with van der Waals surface area (Å²) in [5.41, 5.74) is 0.0921. The normalized spacial score (nSPS) is 11.4. The van der Waals surface area contributed by atoms with Crippen molar-refractivity contribution in [2.24, 2.45) is 5.41 Å². The Balaban J connectivity index is 2.60. The lowest BCUT2D eigenvalue weighted by Crippen LogP contribution is -2.34. The quantitative estimate of drug-likeness (QED) is 0.706. The van der Waals surface area contributed by atoms with Crippen molar-refractivity contribution in [3.8, 4) is 0 Å². The third-order valence-electron chi connectivity index (χ3n) is 2.89. The van der Waals surface area contributed by atoms with Crippen molar-refractivity contribution in [1.29, 1.82) is 0 Å². The van der Waals surface area contributed by atoms with Crippen LogP contribution in [0.15, 0.2) is 22.7 Å². The van der Waals surface area contributed by atoms with Crippen LogP contribution < -0.4 is 5.32 Å². The molecule has 2 nitrogen and oxygen atoms in total. The SMILES string of the molecule is CC(C)(CCCBr)CNC(=O)c1ccc(Br)cc1F. The summed E-state index contributed by atoms with van der Waals surface area (Å²) in [6, 6.07) is 4.44. The predicted molar refractivity (Wildman–Crippen MR) is 83.2 cm³/mol. The molecule has 0 heterocycles. The standard InChI is InChI=1S/C14H18Br2FNO/c1-14(2,6-3-7-15)9-18-13(19)11-5-4-10(16)8-12(11)17/h4-5,8H,3,6-7,9H2,1-2H3,(H,18,19). The number of nitrogens with one attached hydrogen (secondary N) is 1. The molecule has 5 heteroatoms. The zero-order valence-electron chi connectivity index (χ0n) is 11.1. The number of rotatable bonds is 6. The predicted octanol–water partition coefficient (Wildman–Crippen LogP) is 4.52. The highest BCUT2D eigenvalue weighted by molar-refractivity contribution is 9.10. The second-order valence-electron chi connectivity index (χ2n) is 5.26. The molecule has 0 aromatic heterocycles. The summed E-state index contributed by atoms with van der Waals surface area (Å²) in [6.07, 6.45) is 2.05. The van der Waals surface area contributed by atoms with Crippen molar-refractivity contribution >= 4 is 37.8 Å². The summed E-state index contributed by atoms with van der Waals surface area (Å²) in [5, 5.41) is 3.75. The van der Waals surface area contributed by atoms with E-state index in [0.717, 1.165) is 18.2 Å². The van der Waals surface area contributed by atoms with Gasteiger partial charge in [-0.05, 0) is 36.5 Å². The number of hydrogen-bond acceptors (Lipinski definition) is 1. The smallest absolute Gasteiger partial charge is 0.254 e. The molecule has 0 spiro atoms. The van der Waals surface area contributed by atoms with Crippen LogP contribution in [0.4, 0.5) is 4.39 Å². The molecule has 0 saturated heterocycles. The van der Waals surface area contributed by atoms with Crippen LogP contribution >= 0.6 is 31.9 Å². The third kappa shape index (κ3) is 5.61. The summed E-state index contributed by atoms with van der Waals surface area (Å²) in [4.78, 5) is 11.9. The molecule has 19 heavy (non-hydrogen) atoms. The second kappa shape index (κ2) is 7.39. The van der Waals surface area contributed by atoms with Gasteiger partial charge in [-0.25, -0.2) is 4.39 Å². The number of benzene rings is 1. The molecule has 1 aromatic rings. The van der Waals surface area contributed by atoms with Crippen LogP contribution in [0, 0.1) is 11.2 Å². The van der Waals surface area contributed by atoms with Gasteiger partial charge in [-0.1, -0.05) is 45.7 Å². The van der Waals surface area contributed by atoms with Crippen LogP contribution in [0.3, 0.4) is 0 Å². The second-order valence-corrected chi connectivity index (χ2v) is 6.97. The Morgan fingerprint density at radius 3 is 2.68 bits per heavy atom. The minimum Gasteiger partial charge on any atom is -0.351 e. The van der Waals surface area contributed by atoms with Gasteiger partial charge in [0.1, 0.15) is 5.82 Å². The van der Waals surface area contributed by atoms with Crippen LogP contribution in [0.1, 0.15) is 37.0 Å². The molecule has 0 aliphatic carbocycles. The lowest BCUT2D eigenvalue weighted by atomic mass is 9.88. The fraction of sp³-hybridized carbons (Fsp3) is 0.500. The fourth-order valence-corrected chi connectivity index (χ4v) is 2.34. The van der Waals surface area contributed by atoms with Gasteiger partial charge in [-0.3, -0.25) is 4.79 Å². The average Bonchev–Trinajstić information content (AvgIpc) is 2.34. The minimum absolute atomic E-state index is 0.00920. The Morgan fingerprint density at radius 1 is 1.42 bits per heavy atom. The molecular weight excluding hydrogens is 377 g/mol. The van der Waals surface area contributed by atoms with Crippen molar-refractivity contribution < 1.29 is 9.18 Å². The van der Waals surface area contributed by atoms with Gasteiger partial charge in [0.05, 0.1) is 5.56 Å². The van der Waals surface area contributed by atoms with Gasteiger partial charge in [0, 0.05) is 16.3 Å².